The first-order chi connectivity index (χ1) is 9.60. The molecule has 1 heterocycles. The molecule has 2 rings (SSSR count). The maximum Gasteiger partial charge on any atom is 0.0931 e. The van der Waals surface area contributed by atoms with Crippen molar-refractivity contribution in [1.82, 2.24) is 5.32 Å². The average molecular weight is 393 g/mol. The van der Waals surface area contributed by atoms with Gasteiger partial charge in [-0.3, -0.25) is 0 Å². The van der Waals surface area contributed by atoms with E-state index in [0.717, 1.165) is 33.2 Å². The zero-order chi connectivity index (χ0) is 14.5. The summed E-state index contributed by atoms with van der Waals surface area (Å²) in [5.74, 6) is 0. The number of hydrogen-bond donors (Lipinski definition) is 1. The van der Waals surface area contributed by atoms with Gasteiger partial charge in [-0.05, 0) is 42.8 Å². The van der Waals surface area contributed by atoms with Crippen molar-refractivity contribution in [2.24, 2.45) is 0 Å². The third-order valence-electron chi connectivity index (χ3n) is 3.01. The van der Waals surface area contributed by atoms with Crippen LogP contribution in [0.3, 0.4) is 0 Å². The molecule has 0 radical (unpaired) electrons. The first kappa shape index (κ1) is 16.3. The molecular formula is C15H16BrCl2NS. The Kier molecular flexibility index (Phi) is 6.37. The van der Waals surface area contributed by atoms with Gasteiger partial charge in [-0.1, -0.05) is 52.1 Å². The summed E-state index contributed by atoms with van der Waals surface area (Å²) in [4.78, 5) is 1.28. The summed E-state index contributed by atoms with van der Waals surface area (Å²) in [5.41, 5.74) is 1.23. The van der Waals surface area contributed by atoms with Crippen LogP contribution in [0.15, 0.2) is 34.8 Å². The summed E-state index contributed by atoms with van der Waals surface area (Å²) in [7, 11) is 0. The van der Waals surface area contributed by atoms with E-state index in [-0.39, 0.29) is 6.04 Å². The highest BCUT2D eigenvalue weighted by Gasteiger charge is 2.16. The van der Waals surface area contributed by atoms with E-state index in [0.29, 0.717) is 0 Å². The highest BCUT2D eigenvalue weighted by Crippen LogP contribution is 2.31. The Bertz CT molecular complexity index is 571. The molecule has 0 spiro atoms. The lowest BCUT2D eigenvalue weighted by atomic mass is 10.0. The minimum Gasteiger partial charge on any atom is -0.310 e. The highest BCUT2D eigenvalue weighted by atomic mass is 79.9. The molecule has 0 aliphatic heterocycles. The van der Waals surface area contributed by atoms with Crippen LogP contribution in [0.4, 0.5) is 0 Å². The molecule has 1 aromatic carbocycles. The number of thiophene rings is 1. The normalized spacial score (nSPS) is 12.6. The standard InChI is InChI=1S/C15H16BrCl2NS/c1-2-7-19-14(9-11-4-6-15(18)20-11)12-5-3-10(17)8-13(12)16/h3-6,8,14,19H,2,7,9H2,1H3. The molecule has 1 N–H and O–H groups in total. The topological polar surface area (TPSA) is 12.0 Å². The molecule has 0 amide bonds. The van der Waals surface area contributed by atoms with Gasteiger partial charge in [0.05, 0.1) is 4.34 Å². The molecule has 1 unspecified atom stereocenters. The van der Waals surface area contributed by atoms with Crippen LogP contribution in [0.5, 0.6) is 0 Å². The van der Waals surface area contributed by atoms with Gasteiger partial charge >= 0.3 is 0 Å². The molecule has 20 heavy (non-hydrogen) atoms. The van der Waals surface area contributed by atoms with Gasteiger partial charge < -0.3 is 5.32 Å². The van der Waals surface area contributed by atoms with Crippen LogP contribution in [-0.4, -0.2) is 6.54 Å². The third-order valence-corrected chi connectivity index (χ3v) is 5.19. The van der Waals surface area contributed by atoms with Crippen LogP contribution in [0, 0.1) is 0 Å². The molecule has 0 saturated carbocycles. The van der Waals surface area contributed by atoms with Crippen LogP contribution in [0.1, 0.15) is 29.8 Å². The Morgan fingerprint density at radius 2 is 2.05 bits per heavy atom. The molecule has 1 aromatic heterocycles. The van der Waals surface area contributed by atoms with E-state index in [1.54, 1.807) is 11.3 Å². The van der Waals surface area contributed by atoms with Crippen molar-refractivity contribution < 1.29 is 0 Å². The van der Waals surface area contributed by atoms with Gasteiger partial charge in [0.25, 0.3) is 0 Å². The number of benzene rings is 1. The number of halogens is 3. The van der Waals surface area contributed by atoms with Crippen molar-refractivity contribution in [3.05, 3.63) is 54.6 Å². The monoisotopic (exact) mass is 391 g/mol. The molecule has 0 aliphatic rings. The largest absolute Gasteiger partial charge is 0.310 e. The van der Waals surface area contributed by atoms with Gasteiger partial charge in [0.1, 0.15) is 0 Å². The molecule has 1 nitrogen and oxygen atoms in total. The van der Waals surface area contributed by atoms with Gasteiger partial charge in [-0.25, -0.2) is 0 Å². The van der Waals surface area contributed by atoms with Crippen molar-refractivity contribution in [1.29, 1.82) is 0 Å². The van der Waals surface area contributed by atoms with Crippen molar-refractivity contribution in [2.45, 2.75) is 25.8 Å². The molecule has 1 atom stereocenters. The van der Waals surface area contributed by atoms with E-state index >= 15 is 0 Å². The Morgan fingerprint density at radius 3 is 2.65 bits per heavy atom. The van der Waals surface area contributed by atoms with E-state index in [2.05, 4.69) is 40.3 Å². The third kappa shape index (κ3) is 4.47. The van der Waals surface area contributed by atoms with Gasteiger partial charge in [-0.2, -0.15) is 0 Å². The molecule has 2 aromatic rings. The van der Waals surface area contributed by atoms with Gasteiger partial charge in [0, 0.05) is 26.8 Å². The van der Waals surface area contributed by atoms with Crippen LogP contribution < -0.4 is 5.32 Å². The summed E-state index contributed by atoms with van der Waals surface area (Å²) in [6.45, 7) is 3.15. The van der Waals surface area contributed by atoms with Crippen molar-refractivity contribution in [3.63, 3.8) is 0 Å². The number of nitrogens with one attached hydrogen (secondary N) is 1. The maximum atomic E-state index is 6.02. The smallest absolute Gasteiger partial charge is 0.0931 e. The quantitative estimate of drug-likeness (QED) is 0.625. The molecule has 5 heteroatoms. The van der Waals surface area contributed by atoms with E-state index < -0.39 is 0 Å². The highest BCUT2D eigenvalue weighted by molar-refractivity contribution is 9.10. The SMILES string of the molecule is CCCNC(Cc1ccc(Cl)s1)c1ccc(Cl)cc1Br. The Labute approximate surface area is 142 Å². The summed E-state index contributed by atoms with van der Waals surface area (Å²) < 4.78 is 1.88. The van der Waals surface area contributed by atoms with Crippen molar-refractivity contribution in [3.8, 4) is 0 Å². The molecule has 0 bridgehead atoms. The zero-order valence-electron chi connectivity index (χ0n) is 11.1. The lowest BCUT2D eigenvalue weighted by Gasteiger charge is -2.20. The van der Waals surface area contributed by atoms with E-state index in [9.17, 15) is 0 Å². The summed E-state index contributed by atoms with van der Waals surface area (Å²) in [6, 6.07) is 10.3. The first-order valence-electron chi connectivity index (χ1n) is 6.52. The number of hydrogen-bond acceptors (Lipinski definition) is 2. The fourth-order valence-corrected chi connectivity index (χ4v) is 4.15. The summed E-state index contributed by atoms with van der Waals surface area (Å²) in [5, 5.41) is 4.34. The van der Waals surface area contributed by atoms with Crippen molar-refractivity contribution >= 4 is 50.5 Å². The van der Waals surface area contributed by atoms with E-state index in [1.807, 2.05) is 18.2 Å². The van der Waals surface area contributed by atoms with Gasteiger partial charge in [-0.15, -0.1) is 11.3 Å². The second-order valence-electron chi connectivity index (χ2n) is 4.58. The Morgan fingerprint density at radius 1 is 1.25 bits per heavy atom. The number of rotatable bonds is 6. The van der Waals surface area contributed by atoms with Crippen LogP contribution in [0.2, 0.25) is 9.36 Å². The molecule has 0 aliphatic carbocycles. The van der Waals surface area contributed by atoms with E-state index in [1.165, 1.54) is 10.4 Å². The Balaban J connectivity index is 2.22. The molecule has 0 saturated heterocycles. The van der Waals surface area contributed by atoms with Crippen molar-refractivity contribution in [2.75, 3.05) is 6.54 Å². The summed E-state index contributed by atoms with van der Waals surface area (Å²) >= 11 is 17.3. The average Bonchev–Trinajstić information content (AvgIpc) is 2.80. The fourth-order valence-electron chi connectivity index (χ4n) is 2.06. The predicted molar refractivity (Wildman–Crippen MR) is 93.2 cm³/mol. The van der Waals surface area contributed by atoms with Crippen LogP contribution >= 0.6 is 50.5 Å². The predicted octanol–water partition coefficient (Wildman–Crippen LogP) is 6.10. The van der Waals surface area contributed by atoms with E-state index in [4.69, 9.17) is 23.2 Å². The van der Waals surface area contributed by atoms with Gasteiger partial charge in [0.2, 0.25) is 0 Å². The minimum atomic E-state index is 0.260. The minimum absolute atomic E-state index is 0.260. The molecular weight excluding hydrogens is 377 g/mol. The second kappa shape index (κ2) is 7.81. The summed E-state index contributed by atoms with van der Waals surface area (Å²) in [6.07, 6.45) is 2.03. The molecule has 108 valence electrons. The van der Waals surface area contributed by atoms with Crippen LogP contribution in [0.25, 0.3) is 0 Å². The first-order valence-corrected chi connectivity index (χ1v) is 8.89. The molecule has 0 fully saturated rings. The lowest BCUT2D eigenvalue weighted by molar-refractivity contribution is 0.530. The zero-order valence-corrected chi connectivity index (χ0v) is 15.0. The Hall–Kier alpha value is -0.0600. The maximum absolute atomic E-state index is 6.02. The lowest BCUT2D eigenvalue weighted by Crippen LogP contribution is -2.24. The second-order valence-corrected chi connectivity index (χ2v) is 7.67. The van der Waals surface area contributed by atoms with Crippen LogP contribution in [-0.2, 0) is 6.42 Å². The van der Waals surface area contributed by atoms with Gasteiger partial charge in [0.15, 0.2) is 0 Å². The fraction of sp³-hybridized carbons (Fsp3) is 0.333.